The van der Waals surface area contributed by atoms with Crippen LogP contribution in [0.1, 0.15) is 37.3 Å². The van der Waals surface area contributed by atoms with Gasteiger partial charge in [-0.3, -0.25) is 0 Å². The van der Waals surface area contributed by atoms with Crippen LogP contribution in [0, 0.1) is 5.92 Å². The summed E-state index contributed by atoms with van der Waals surface area (Å²) in [6.07, 6.45) is 5.13. The van der Waals surface area contributed by atoms with Crippen LogP contribution < -0.4 is 10.1 Å². The summed E-state index contributed by atoms with van der Waals surface area (Å²) in [4.78, 5) is 0. The summed E-state index contributed by atoms with van der Waals surface area (Å²) in [6, 6.07) is 4.02. The summed E-state index contributed by atoms with van der Waals surface area (Å²) >= 11 is 12.6. The van der Waals surface area contributed by atoms with Crippen LogP contribution in [0.15, 0.2) is 12.1 Å². The molecule has 100 valence electrons. The zero-order chi connectivity index (χ0) is 13.1. The van der Waals surface area contributed by atoms with Crippen molar-refractivity contribution in [2.24, 2.45) is 5.92 Å². The van der Waals surface area contributed by atoms with Crippen LogP contribution in [0.25, 0.3) is 0 Å². The molecule has 1 N–H and O–H groups in total. The molecule has 0 spiro atoms. The number of hydrogen-bond donors (Lipinski definition) is 1. The van der Waals surface area contributed by atoms with Crippen molar-refractivity contribution < 1.29 is 4.74 Å². The molecule has 1 aromatic carbocycles. The van der Waals surface area contributed by atoms with E-state index in [4.69, 9.17) is 27.9 Å². The lowest BCUT2D eigenvalue weighted by Crippen LogP contribution is -2.24. The summed E-state index contributed by atoms with van der Waals surface area (Å²) < 4.78 is 5.18. The summed E-state index contributed by atoms with van der Waals surface area (Å²) in [5, 5.41) is 4.73. The molecule has 0 saturated heterocycles. The van der Waals surface area contributed by atoms with Crippen LogP contribution >= 0.6 is 23.2 Å². The molecule has 1 aliphatic carbocycles. The second-order valence-electron chi connectivity index (χ2n) is 4.82. The van der Waals surface area contributed by atoms with E-state index in [-0.39, 0.29) is 6.04 Å². The van der Waals surface area contributed by atoms with E-state index in [1.807, 2.05) is 13.1 Å². The molecule has 0 radical (unpaired) electrons. The molecule has 0 bridgehead atoms. The fourth-order valence-corrected chi connectivity index (χ4v) is 3.40. The van der Waals surface area contributed by atoms with E-state index in [1.54, 1.807) is 13.2 Å². The van der Waals surface area contributed by atoms with Gasteiger partial charge >= 0.3 is 0 Å². The number of benzene rings is 1. The molecule has 0 heterocycles. The SMILES string of the molecule is CNC(c1cc(Cl)c(OC)cc1Cl)C1CCCC1. The van der Waals surface area contributed by atoms with Gasteiger partial charge in [0.25, 0.3) is 0 Å². The van der Waals surface area contributed by atoms with E-state index in [9.17, 15) is 0 Å². The summed E-state index contributed by atoms with van der Waals surface area (Å²) in [6.45, 7) is 0. The molecule has 0 aliphatic heterocycles. The van der Waals surface area contributed by atoms with Crippen molar-refractivity contribution in [1.29, 1.82) is 0 Å². The summed E-state index contributed by atoms with van der Waals surface area (Å²) in [7, 11) is 3.58. The van der Waals surface area contributed by atoms with E-state index in [0.717, 1.165) is 10.6 Å². The molecule has 1 aromatic rings. The molecule has 1 atom stereocenters. The number of ether oxygens (including phenoxy) is 1. The quantitative estimate of drug-likeness (QED) is 0.883. The van der Waals surface area contributed by atoms with Crippen LogP contribution in [0.5, 0.6) is 5.75 Å². The van der Waals surface area contributed by atoms with Gasteiger partial charge in [0.05, 0.1) is 12.1 Å². The number of methoxy groups -OCH3 is 1. The normalized spacial score (nSPS) is 18.0. The van der Waals surface area contributed by atoms with Crippen LogP contribution in [0.2, 0.25) is 10.0 Å². The minimum atomic E-state index is 0.281. The molecule has 1 saturated carbocycles. The summed E-state index contributed by atoms with van der Waals surface area (Å²) in [5.74, 6) is 1.28. The topological polar surface area (TPSA) is 21.3 Å². The highest BCUT2D eigenvalue weighted by Gasteiger charge is 2.27. The fraction of sp³-hybridized carbons (Fsp3) is 0.571. The van der Waals surface area contributed by atoms with Crippen molar-refractivity contribution in [1.82, 2.24) is 5.32 Å². The minimum absolute atomic E-state index is 0.281. The van der Waals surface area contributed by atoms with Gasteiger partial charge in [0.2, 0.25) is 0 Å². The maximum Gasteiger partial charge on any atom is 0.138 e. The average Bonchev–Trinajstić information content (AvgIpc) is 2.87. The monoisotopic (exact) mass is 287 g/mol. The van der Waals surface area contributed by atoms with Gasteiger partial charge in [-0.1, -0.05) is 36.0 Å². The smallest absolute Gasteiger partial charge is 0.138 e. The Hall–Kier alpha value is -0.440. The van der Waals surface area contributed by atoms with E-state index in [0.29, 0.717) is 16.7 Å². The number of nitrogens with one attached hydrogen (secondary N) is 1. The van der Waals surface area contributed by atoms with Crippen LogP contribution in [0.3, 0.4) is 0 Å². The largest absolute Gasteiger partial charge is 0.495 e. The standard InChI is InChI=1S/C14H19Cl2NO/c1-17-14(9-5-3-4-6-9)10-7-12(16)13(18-2)8-11(10)15/h7-9,14,17H,3-6H2,1-2H3. The molecule has 1 unspecified atom stereocenters. The van der Waals surface area contributed by atoms with Gasteiger partial charge in [0.15, 0.2) is 0 Å². The Morgan fingerprint density at radius 2 is 1.89 bits per heavy atom. The summed E-state index contributed by atoms with van der Waals surface area (Å²) in [5.41, 5.74) is 1.08. The molecule has 0 aromatic heterocycles. The fourth-order valence-electron chi connectivity index (χ4n) is 2.87. The first-order valence-electron chi connectivity index (χ1n) is 6.37. The van der Waals surface area contributed by atoms with Crippen LogP contribution in [0.4, 0.5) is 0 Å². The highest BCUT2D eigenvalue weighted by atomic mass is 35.5. The minimum Gasteiger partial charge on any atom is -0.495 e. The van der Waals surface area contributed by atoms with Crippen molar-refractivity contribution in [3.8, 4) is 5.75 Å². The maximum atomic E-state index is 6.35. The molecule has 4 heteroatoms. The van der Waals surface area contributed by atoms with E-state index >= 15 is 0 Å². The van der Waals surface area contributed by atoms with Crippen molar-refractivity contribution in [2.45, 2.75) is 31.7 Å². The highest BCUT2D eigenvalue weighted by Crippen LogP contribution is 2.41. The third kappa shape index (κ3) is 2.76. The maximum absolute atomic E-state index is 6.35. The first-order valence-corrected chi connectivity index (χ1v) is 7.13. The molecule has 1 fully saturated rings. The molecule has 2 nitrogen and oxygen atoms in total. The zero-order valence-electron chi connectivity index (χ0n) is 10.8. The van der Waals surface area contributed by atoms with Crippen molar-refractivity contribution in [2.75, 3.05) is 14.2 Å². The van der Waals surface area contributed by atoms with Gasteiger partial charge in [-0.2, -0.15) is 0 Å². The van der Waals surface area contributed by atoms with Crippen molar-refractivity contribution in [3.05, 3.63) is 27.7 Å². The Labute approximate surface area is 119 Å². The molecular weight excluding hydrogens is 269 g/mol. The van der Waals surface area contributed by atoms with E-state index in [1.165, 1.54) is 25.7 Å². The van der Waals surface area contributed by atoms with Gasteiger partial charge in [0, 0.05) is 17.1 Å². The Balaban J connectivity index is 2.32. The molecule has 0 amide bonds. The predicted molar refractivity (Wildman–Crippen MR) is 76.8 cm³/mol. The first kappa shape index (κ1) is 14.0. The number of rotatable bonds is 4. The van der Waals surface area contributed by atoms with Gasteiger partial charge < -0.3 is 10.1 Å². The van der Waals surface area contributed by atoms with Gasteiger partial charge in [0.1, 0.15) is 5.75 Å². The Kier molecular flexibility index (Phi) is 4.77. The van der Waals surface area contributed by atoms with Gasteiger partial charge in [-0.05, 0) is 37.4 Å². The van der Waals surface area contributed by atoms with Crippen molar-refractivity contribution in [3.63, 3.8) is 0 Å². The Morgan fingerprint density at radius 1 is 1.22 bits per heavy atom. The third-order valence-corrected chi connectivity index (χ3v) is 4.41. The van der Waals surface area contributed by atoms with Gasteiger partial charge in [-0.15, -0.1) is 0 Å². The van der Waals surface area contributed by atoms with Crippen molar-refractivity contribution >= 4 is 23.2 Å². The lowest BCUT2D eigenvalue weighted by molar-refractivity contribution is 0.388. The second-order valence-corrected chi connectivity index (χ2v) is 5.63. The molecule has 2 rings (SSSR count). The predicted octanol–water partition coefficient (Wildman–Crippen LogP) is 4.45. The Morgan fingerprint density at radius 3 is 2.44 bits per heavy atom. The molecular formula is C14H19Cl2NO. The Bertz CT molecular complexity index is 417. The number of halogens is 2. The molecule has 1 aliphatic rings. The first-order chi connectivity index (χ1) is 8.67. The average molecular weight is 288 g/mol. The van der Waals surface area contributed by atoms with E-state index in [2.05, 4.69) is 5.32 Å². The number of hydrogen-bond acceptors (Lipinski definition) is 2. The second kappa shape index (κ2) is 6.14. The van der Waals surface area contributed by atoms with Crippen LogP contribution in [-0.4, -0.2) is 14.2 Å². The van der Waals surface area contributed by atoms with Crippen LogP contribution in [-0.2, 0) is 0 Å². The zero-order valence-corrected chi connectivity index (χ0v) is 12.3. The van der Waals surface area contributed by atoms with Gasteiger partial charge in [-0.25, -0.2) is 0 Å². The lowest BCUT2D eigenvalue weighted by Gasteiger charge is -2.25. The lowest BCUT2D eigenvalue weighted by atomic mass is 9.91. The highest BCUT2D eigenvalue weighted by molar-refractivity contribution is 6.34. The van der Waals surface area contributed by atoms with E-state index < -0.39 is 0 Å². The molecule has 18 heavy (non-hydrogen) atoms. The third-order valence-electron chi connectivity index (χ3n) is 3.79.